The van der Waals surface area contributed by atoms with Crippen molar-refractivity contribution in [3.8, 4) is 0 Å². The Hall–Kier alpha value is -1.96. The van der Waals surface area contributed by atoms with E-state index in [-0.39, 0.29) is 0 Å². The second-order valence-electron chi connectivity index (χ2n) is 6.68. The largest absolute Gasteiger partial charge is 0.398 e. The van der Waals surface area contributed by atoms with E-state index in [9.17, 15) is 0 Å². The standard InChI is InChI=1S/C20H26N2.2C2H6/c1-13-7-8-17(14(2)10-13)12-22-9-5-6-18-16(4)20(21)15(3)11-19(18)22;2*1-2/h7-8,10-11H,5-6,9,12,21H2,1-4H3;2*1-2H3. The third kappa shape index (κ3) is 4.81. The predicted molar refractivity (Wildman–Crippen MR) is 118 cm³/mol. The van der Waals surface area contributed by atoms with Crippen molar-refractivity contribution in [1.82, 2.24) is 0 Å². The normalized spacial score (nSPS) is 12.4. The van der Waals surface area contributed by atoms with Gasteiger partial charge in [-0.25, -0.2) is 0 Å². The Labute approximate surface area is 161 Å². The average Bonchev–Trinajstić information content (AvgIpc) is 2.66. The zero-order valence-corrected chi connectivity index (χ0v) is 18.2. The van der Waals surface area contributed by atoms with Crippen LogP contribution in [0.5, 0.6) is 0 Å². The molecule has 0 unspecified atom stereocenters. The monoisotopic (exact) mass is 354 g/mol. The molecule has 2 aromatic carbocycles. The van der Waals surface area contributed by atoms with Gasteiger partial charge in [-0.2, -0.15) is 0 Å². The van der Waals surface area contributed by atoms with Crippen LogP contribution in [-0.4, -0.2) is 6.54 Å². The van der Waals surface area contributed by atoms with Crippen molar-refractivity contribution in [2.45, 2.75) is 74.8 Å². The number of aryl methyl sites for hydroxylation is 3. The molecule has 3 rings (SSSR count). The molecule has 0 saturated heterocycles. The molecule has 1 aliphatic rings. The lowest BCUT2D eigenvalue weighted by molar-refractivity contribution is 0.687. The molecular formula is C24H38N2. The van der Waals surface area contributed by atoms with Crippen LogP contribution in [-0.2, 0) is 13.0 Å². The average molecular weight is 355 g/mol. The van der Waals surface area contributed by atoms with Gasteiger partial charge in [-0.05, 0) is 74.4 Å². The number of benzene rings is 2. The molecule has 2 aromatic rings. The Bertz CT molecular complexity index is 717. The maximum atomic E-state index is 6.23. The minimum Gasteiger partial charge on any atom is -0.398 e. The number of nitrogen functional groups attached to an aromatic ring is 1. The Morgan fingerprint density at radius 3 is 2.19 bits per heavy atom. The van der Waals surface area contributed by atoms with Crippen molar-refractivity contribution >= 4 is 11.4 Å². The first-order chi connectivity index (χ1) is 12.5. The summed E-state index contributed by atoms with van der Waals surface area (Å²) in [5, 5.41) is 0. The smallest absolute Gasteiger partial charge is 0.0432 e. The van der Waals surface area contributed by atoms with E-state index in [1.807, 2.05) is 27.7 Å². The van der Waals surface area contributed by atoms with Crippen LogP contribution < -0.4 is 10.6 Å². The first-order valence-corrected chi connectivity index (χ1v) is 10.2. The van der Waals surface area contributed by atoms with Crippen molar-refractivity contribution in [2.24, 2.45) is 0 Å². The molecule has 1 aliphatic heterocycles. The van der Waals surface area contributed by atoms with E-state index in [2.05, 4.69) is 56.9 Å². The fourth-order valence-corrected chi connectivity index (χ4v) is 3.58. The minimum atomic E-state index is 0.965. The molecule has 0 spiro atoms. The predicted octanol–water partition coefficient (Wildman–Crippen LogP) is 6.51. The third-order valence-electron chi connectivity index (χ3n) is 5.00. The molecule has 0 amide bonds. The highest BCUT2D eigenvalue weighted by atomic mass is 15.1. The zero-order chi connectivity index (χ0) is 19.9. The van der Waals surface area contributed by atoms with E-state index in [0.29, 0.717) is 0 Å². The minimum absolute atomic E-state index is 0.965. The van der Waals surface area contributed by atoms with Gasteiger partial charge in [0.15, 0.2) is 0 Å². The molecule has 0 aliphatic carbocycles. The first-order valence-electron chi connectivity index (χ1n) is 10.2. The van der Waals surface area contributed by atoms with Gasteiger partial charge in [0.25, 0.3) is 0 Å². The van der Waals surface area contributed by atoms with Crippen molar-refractivity contribution < 1.29 is 0 Å². The Morgan fingerprint density at radius 1 is 0.923 bits per heavy atom. The van der Waals surface area contributed by atoms with Gasteiger partial charge in [-0.3, -0.25) is 0 Å². The number of anilines is 2. The fourth-order valence-electron chi connectivity index (χ4n) is 3.58. The van der Waals surface area contributed by atoms with E-state index in [4.69, 9.17) is 5.73 Å². The maximum Gasteiger partial charge on any atom is 0.0432 e. The van der Waals surface area contributed by atoms with Crippen molar-refractivity contribution in [3.05, 3.63) is 57.6 Å². The van der Waals surface area contributed by atoms with Crippen molar-refractivity contribution in [3.63, 3.8) is 0 Å². The van der Waals surface area contributed by atoms with E-state index >= 15 is 0 Å². The summed E-state index contributed by atoms with van der Waals surface area (Å²) in [7, 11) is 0. The summed E-state index contributed by atoms with van der Waals surface area (Å²) < 4.78 is 0. The van der Waals surface area contributed by atoms with Gasteiger partial charge in [0, 0.05) is 24.5 Å². The van der Waals surface area contributed by atoms with Gasteiger partial charge in [0.1, 0.15) is 0 Å². The molecule has 0 bridgehead atoms. The van der Waals surface area contributed by atoms with Crippen molar-refractivity contribution in [2.75, 3.05) is 17.2 Å². The van der Waals surface area contributed by atoms with E-state index in [0.717, 1.165) is 25.2 Å². The van der Waals surface area contributed by atoms with Crippen LogP contribution in [0.1, 0.15) is 67.5 Å². The molecular weight excluding hydrogens is 316 g/mol. The number of nitrogens with two attached hydrogens (primary N) is 1. The van der Waals surface area contributed by atoms with Crippen LogP contribution in [0.2, 0.25) is 0 Å². The number of hydrogen-bond acceptors (Lipinski definition) is 2. The second kappa shape index (κ2) is 10.3. The summed E-state index contributed by atoms with van der Waals surface area (Å²) in [6.45, 7) is 18.8. The number of fused-ring (bicyclic) bond motifs is 1. The molecule has 0 atom stereocenters. The molecule has 1 heterocycles. The molecule has 0 aromatic heterocycles. The van der Waals surface area contributed by atoms with Gasteiger partial charge in [0.2, 0.25) is 0 Å². The number of nitrogens with zero attached hydrogens (tertiary/aromatic N) is 1. The maximum absolute atomic E-state index is 6.23. The first kappa shape index (κ1) is 22.1. The third-order valence-corrected chi connectivity index (χ3v) is 5.00. The van der Waals surface area contributed by atoms with Crippen LogP contribution in [0.3, 0.4) is 0 Å². The van der Waals surface area contributed by atoms with Gasteiger partial charge >= 0.3 is 0 Å². The Kier molecular flexibility index (Phi) is 8.71. The fraction of sp³-hybridized carbons (Fsp3) is 0.500. The SMILES string of the molecule is CC.CC.Cc1ccc(CN2CCCc3c2cc(C)c(N)c3C)c(C)c1. The molecule has 2 N–H and O–H groups in total. The summed E-state index contributed by atoms with van der Waals surface area (Å²) in [6, 6.07) is 9.04. The highest BCUT2D eigenvalue weighted by Gasteiger charge is 2.21. The van der Waals surface area contributed by atoms with E-state index in [1.165, 1.54) is 45.5 Å². The molecule has 0 radical (unpaired) electrons. The summed E-state index contributed by atoms with van der Waals surface area (Å²) in [5.74, 6) is 0. The Morgan fingerprint density at radius 2 is 1.58 bits per heavy atom. The molecule has 2 nitrogen and oxygen atoms in total. The van der Waals surface area contributed by atoms with Crippen LogP contribution in [0.4, 0.5) is 11.4 Å². The van der Waals surface area contributed by atoms with Gasteiger partial charge in [-0.15, -0.1) is 0 Å². The lowest BCUT2D eigenvalue weighted by atomic mass is 9.93. The van der Waals surface area contributed by atoms with E-state index < -0.39 is 0 Å². The summed E-state index contributed by atoms with van der Waals surface area (Å²) in [6.07, 6.45) is 2.36. The lowest BCUT2D eigenvalue weighted by Gasteiger charge is -2.34. The summed E-state index contributed by atoms with van der Waals surface area (Å²) in [5.41, 5.74) is 16.6. The van der Waals surface area contributed by atoms with Crippen LogP contribution in [0.15, 0.2) is 24.3 Å². The molecule has 2 heteroatoms. The molecule has 0 saturated carbocycles. The second-order valence-corrected chi connectivity index (χ2v) is 6.68. The highest BCUT2D eigenvalue weighted by molar-refractivity contribution is 5.69. The highest BCUT2D eigenvalue weighted by Crippen LogP contribution is 2.35. The van der Waals surface area contributed by atoms with Crippen molar-refractivity contribution in [1.29, 1.82) is 0 Å². The summed E-state index contributed by atoms with van der Waals surface area (Å²) in [4.78, 5) is 2.52. The van der Waals surface area contributed by atoms with Crippen LogP contribution in [0, 0.1) is 27.7 Å². The van der Waals surface area contributed by atoms with Crippen LogP contribution in [0.25, 0.3) is 0 Å². The topological polar surface area (TPSA) is 29.3 Å². The number of rotatable bonds is 2. The quantitative estimate of drug-likeness (QED) is 0.623. The molecule has 26 heavy (non-hydrogen) atoms. The Balaban J connectivity index is 0.000000791. The molecule has 144 valence electrons. The van der Waals surface area contributed by atoms with Gasteiger partial charge in [0.05, 0.1) is 0 Å². The van der Waals surface area contributed by atoms with Crippen LogP contribution >= 0.6 is 0 Å². The lowest BCUT2D eigenvalue weighted by Crippen LogP contribution is -2.30. The number of hydrogen-bond donors (Lipinski definition) is 1. The van der Waals surface area contributed by atoms with Gasteiger partial charge < -0.3 is 10.6 Å². The molecule has 0 fully saturated rings. The zero-order valence-electron chi connectivity index (χ0n) is 18.2. The summed E-state index contributed by atoms with van der Waals surface area (Å²) >= 11 is 0. The van der Waals surface area contributed by atoms with Gasteiger partial charge in [-0.1, -0.05) is 51.5 Å². The van der Waals surface area contributed by atoms with E-state index in [1.54, 1.807) is 0 Å².